The lowest BCUT2D eigenvalue weighted by molar-refractivity contribution is -0.115. The van der Waals surface area contributed by atoms with Gasteiger partial charge in [0.2, 0.25) is 5.91 Å². The maximum Gasteiger partial charge on any atom is 0.229 e. The SMILES string of the molecule is COc1cccc(CC(=O)Nc2cnc3cnc(-c4cncnc4)cn23)c1. The number of benzene rings is 1. The average Bonchev–Trinajstić information content (AvgIpc) is 3.10. The molecule has 0 saturated heterocycles. The highest BCUT2D eigenvalue weighted by Crippen LogP contribution is 2.19. The fourth-order valence-corrected chi connectivity index (χ4v) is 2.72. The Bertz CT molecular complexity index is 1090. The van der Waals surface area contributed by atoms with Crippen LogP contribution in [0, 0.1) is 0 Å². The third kappa shape index (κ3) is 3.59. The van der Waals surface area contributed by atoms with Crippen molar-refractivity contribution in [1.82, 2.24) is 24.3 Å². The summed E-state index contributed by atoms with van der Waals surface area (Å²) in [6, 6.07) is 7.42. The van der Waals surface area contributed by atoms with Crippen LogP contribution in [-0.4, -0.2) is 37.4 Å². The topological polar surface area (TPSA) is 94.3 Å². The summed E-state index contributed by atoms with van der Waals surface area (Å²) in [5.41, 5.74) is 2.96. The Morgan fingerprint density at radius 2 is 2.00 bits per heavy atom. The normalized spacial score (nSPS) is 10.7. The lowest BCUT2D eigenvalue weighted by Gasteiger charge is -2.07. The minimum atomic E-state index is -0.147. The summed E-state index contributed by atoms with van der Waals surface area (Å²) in [6.07, 6.45) is 10.1. The molecule has 0 aliphatic rings. The van der Waals surface area contributed by atoms with Crippen molar-refractivity contribution < 1.29 is 9.53 Å². The van der Waals surface area contributed by atoms with Crippen LogP contribution in [0.1, 0.15) is 5.56 Å². The van der Waals surface area contributed by atoms with E-state index in [1.54, 1.807) is 42.5 Å². The van der Waals surface area contributed by atoms with Crippen LogP contribution >= 0.6 is 0 Å². The van der Waals surface area contributed by atoms with E-state index in [2.05, 4.69) is 25.3 Å². The predicted octanol–water partition coefficient (Wildman–Crippen LogP) is 2.38. The van der Waals surface area contributed by atoms with Crippen LogP contribution in [-0.2, 0) is 11.2 Å². The van der Waals surface area contributed by atoms with Crippen molar-refractivity contribution in [3.8, 4) is 17.0 Å². The Kier molecular flexibility index (Phi) is 4.44. The van der Waals surface area contributed by atoms with Gasteiger partial charge in [0, 0.05) is 24.2 Å². The number of nitrogens with zero attached hydrogens (tertiary/aromatic N) is 5. The number of hydrogen-bond donors (Lipinski definition) is 1. The molecule has 0 aliphatic heterocycles. The van der Waals surface area contributed by atoms with E-state index in [1.807, 2.05) is 24.3 Å². The van der Waals surface area contributed by atoms with Crippen LogP contribution in [0.5, 0.6) is 5.75 Å². The van der Waals surface area contributed by atoms with E-state index in [4.69, 9.17) is 4.74 Å². The van der Waals surface area contributed by atoms with Gasteiger partial charge >= 0.3 is 0 Å². The molecule has 3 heterocycles. The van der Waals surface area contributed by atoms with Gasteiger partial charge in [-0.2, -0.15) is 0 Å². The number of nitrogens with one attached hydrogen (secondary N) is 1. The molecule has 1 aromatic carbocycles. The number of aromatic nitrogens is 5. The molecule has 8 heteroatoms. The minimum absolute atomic E-state index is 0.147. The number of methoxy groups -OCH3 is 1. The largest absolute Gasteiger partial charge is 0.497 e. The van der Waals surface area contributed by atoms with Crippen LogP contribution in [0.3, 0.4) is 0 Å². The summed E-state index contributed by atoms with van der Waals surface area (Å²) < 4.78 is 6.97. The zero-order chi connectivity index (χ0) is 18.6. The molecule has 0 radical (unpaired) electrons. The van der Waals surface area contributed by atoms with Crippen molar-refractivity contribution in [3.63, 3.8) is 0 Å². The number of ether oxygens (including phenoxy) is 1. The van der Waals surface area contributed by atoms with Crippen LogP contribution in [0.2, 0.25) is 0 Å². The van der Waals surface area contributed by atoms with Crippen molar-refractivity contribution >= 4 is 17.4 Å². The first-order chi connectivity index (χ1) is 13.2. The van der Waals surface area contributed by atoms with Crippen molar-refractivity contribution in [1.29, 1.82) is 0 Å². The molecular formula is C19H16N6O2. The average molecular weight is 360 g/mol. The Balaban J connectivity index is 1.57. The molecular weight excluding hydrogens is 344 g/mol. The molecule has 0 fully saturated rings. The Labute approximate surface area is 154 Å². The Morgan fingerprint density at radius 1 is 1.15 bits per heavy atom. The van der Waals surface area contributed by atoms with Gasteiger partial charge < -0.3 is 10.1 Å². The number of amides is 1. The van der Waals surface area contributed by atoms with Gasteiger partial charge in [0.1, 0.15) is 17.9 Å². The van der Waals surface area contributed by atoms with E-state index < -0.39 is 0 Å². The second-order valence-electron chi connectivity index (χ2n) is 5.85. The number of rotatable bonds is 5. The number of imidazole rings is 1. The number of carbonyl (C=O) groups excluding carboxylic acids is 1. The third-order valence-electron chi connectivity index (χ3n) is 4.02. The maximum absolute atomic E-state index is 12.4. The van der Waals surface area contributed by atoms with E-state index in [9.17, 15) is 4.79 Å². The summed E-state index contributed by atoms with van der Waals surface area (Å²) in [5, 5.41) is 2.89. The molecule has 8 nitrogen and oxygen atoms in total. The van der Waals surface area contributed by atoms with Gasteiger partial charge in [-0.1, -0.05) is 12.1 Å². The molecule has 4 rings (SSSR count). The minimum Gasteiger partial charge on any atom is -0.497 e. The second-order valence-corrected chi connectivity index (χ2v) is 5.85. The van der Waals surface area contributed by atoms with Gasteiger partial charge in [0.25, 0.3) is 0 Å². The lowest BCUT2D eigenvalue weighted by atomic mass is 10.1. The van der Waals surface area contributed by atoms with Gasteiger partial charge in [0.05, 0.1) is 31.6 Å². The Morgan fingerprint density at radius 3 is 2.81 bits per heavy atom. The predicted molar refractivity (Wildman–Crippen MR) is 99.3 cm³/mol. The zero-order valence-corrected chi connectivity index (χ0v) is 14.5. The Hall–Kier alpha value is -3.81. The van der Waals surface area contributed by atoms with E-state index in [0.29, 0.717) is 17.2 Å². The fraction of sp³-hybridized carbons (Fsp3) is 0.105. The second kappa shape index (κ2) is 7.20. The summed E-state index contributed by atoms with van der Waals surface area (Å²) >= 11 is 0. The van der Waals surface area contributed by atoms with Crippen LogP contribution < -0.4 is 10.1 Å². The molecule has 4 aromatic rings. The van der Waals surface area contributed by atoms with E-state index in [0.717, 1.165) is 16.9 Å². The van der Waals surface area contributed by atoms with Crippen LogP contribution in [0.25, 0.3) is 16.9 Å². The lowest BCUT2D eigenvalue weighted by Crippen LogP contribution is -2.15. The van der Waals surface area contributed by atoms with Gasteiger partial charge in [-0.15, -0.1) is 0 Å². The summed E-state index contributed by atoms with van der Waals surface area (Å²) in [6.45, 7) is 0. The smallest absolute Gasteiger partial charge is 0.229 e. The first-order valence-corrected chi connectivity index (χ1v) is 8.24. The molecule has 0 aliphatic carbocycles. The van der Waals surface area contributed by atoms with Crippen molar-refractivity contribution in [2.24, 2.45) is 0 Å². The van der Waals surface area contributed by atoms with Gasteiger partial charge in [0.15, 0.2) is 5.65 Å². The number of fused-ring (bicyclic) bond motifs is 1. The summed E-state index contributed by atoms with van der Waals surface area (Å²) in [5.74, 6) is 1.14. The fourth-order valence-electron chi connectivity index (χ4n) is 2.72. The first-order valence-electron chi connectivity index (χ1n) is 8.24. The van der Waals surface area contributed by atoms with Gasteiger partial charge in [-0.3, -0.25) is 14.2 Å². The first kappa shape index (κ1) is 16.6. The zero-order valence-electron chi connectivity index (χ0n) is 14.5. The maximum atomic E-state index is 12.4. The molecule has 1 amide bonds. The van der Waals surface area contributed by atoms with Crippen LogP contribution in [0.4, 0.5) is 5.82 Å². The quantitative estimate of drug-likeness (QED) is 0.587. The van der Waals surface area contributed by atoms with Gasteiger partial charge in [-0.05, 0) is 17.7 Å². The molecule has 0 unspecified atom stereocenters. The van der Waals surface area contributed by atoms with E-state index in [-0.39, 0.29) is 12.3 Å². The molecule has 0 saturated carbocycles. The number of carbonyl (C=O) groups is 1. The van der Waals surface area contributed by atoms with Crippen molar-refractivity contribution in [2.45, 2.75) is 6.42 Å². The van der Waals surface area contributed by atoms with Crippen molar-refractivity contribution in [2.75, 3.05) is 12.4 Å². The summed E-state index contributed by atoms with van der Waals surface area (Å²) in [7, 11) is 1.60. The third-order valence-corrected chi connectivity index (χ3v) is 4.02. The highest BCUT2D eigenvalue weighted by Gasteiger charge is 2.11. The number of hydrogen-bond acceptors (Lipinski definition) is 6. The molecule has 3 aromatic heterocycles. The molecule has 0 bridgehead atoms. The van der Waals surface area contributed by atoms with Crippen LogP contribution in [0.15, 0.2) is 61.6 Å². The van der Waals surface area contributed by atoms with E-state index >= 15 is 0 Å². The monoisotopic (exact) mass is 360 g/mol. The standard InChI is InChI=1S/C19H16N6O2/c1-27-15-4-2-3-13(5-15)6-19(26)24-18-10-23-17-9-22-16(11-25(17)18)14-7-20-12-21-8-14/h2-5,7-12H,6H2,1H3,(H,24,26). The molecule has 0 spiro atoms. The summed E-state index contributed by atoms with van der Waals surface area (Å²) in [4.78, 5) is 29.1. The highest BCUT2D eigenvalue weighted by atomic mass is 16.5. The number of anilines is 1. The molecule has 134 valence electrons. The van der Waals surface area contributed by atoms with E-state index in [1.165, 1.54) is 6.33 Å². The van der Waals surface area contributed by atoms with Crippen molar-refractivity contribution in [3.05, 3.63) is 67.1 Å². The molecule has 0 atom stereocenters. The molecule has 1 N–H and O–H groups in total. The van der Waals surface area contributed by atoms with Gasteiger partial charge in [-0.25, -0.2) is 15.0 Å². The molecule has 27 heavy (non-hydrogen) atoms. The highest BCUT2D eigenvalue weighted by molar-refractivity contribution is 5.91.